The molecule has 0 saturated carbocycles. The van der Waals surface area contributed by atoms with Gasteiger partial charge in [-0.3, -0.25) is 4.79 Å². The largest absolute Gasteiger partial charge is 0.465 e. The minimum Gasteiger partial charge on any atom is -0.465 e. The van der Waals surface area contributed by atoms with Gasteiger partial charge in [0.1, 0.15) is 0 Å². The molecule has 1 aromatic carbocycles. The van der Waals surface area contributed by atoms with E-state index in [0.717, 1.165) is 0 Å². The first kappa shape index (κ1) is 19.5. The molecule has 0 bridgehead atoms. The number of benzene rings is 1. The number of piperidine rings is 1. The number of carbonyl (C=O) groups excluding carboxylic acids is 1. The van der Waals surface area contributed by atoms with E-state index in [1.165, 1.54) is 24.1 Å². The van der Waals surface area contributed by atoms with Crippen LogP contribution in [0.25, 0.3) is 11.1 Å². The van der Waals surface area contributed by atoms with Gasteiger partial charge < -0.3 is 9.64 Å². The maximum atomic E-state index is 14.6. The average molecular weight is 399 g/mol. The lowest BCUT2D eigenvalue weighted by atomic mass is 9.93. The lowest BCUT2D eigenvalue weighted by Crippen LogP contribution is -2.50. The van der Waals surface area contributed by atoms with Gasteiger partial charge in [-0.15, -0.1) is 0 Å². The molecule has 8 heteroatoms. The van der Waals surface area contributed by atoms with E-state index in [1.54, 1.807) is 24.3 Å². The van der Waals surface area contributed by atoms with Gasteiger partial charge in [-0.25, -0.2) is 18.2 Å². The molecule has 2 aromatic rings. The Bertz CT molecular complexity index is 847. The van der Waals surface area contributed by atoms with Crippen molar-refractivity contribution in [3.63, 3.8) is 0 Å². The van der Waals surface area contributed by atoms with Crippen LogP contribution in [0.15, 0.2) is 36.5 Å². The predicted molar refractivity (Wildman–Crippen MR) is 96.5 cm³/mol. The molecular weight excluding hydrogens is 381 g/mol. The Kier molecular flexibility index (Phi) is 5.60. The van der Waals surface area contributed by atoms with Crippen LogP contribution < -0.4 is 4.90 Å². The van der Waals surface area contributed by atoms with Crippen molar-refractivity contribution in [3.05, 3.63) is 47.4 Å². The molecule has 1 fully saturated rings. The fourth-order valence-electron chi connectivity index (χ4n) is 3.08. The molecule has 27 heavy (non-hydrogen) atoms. The number of hydrogen-bond acceptors (Lipinski definition) is 4. The first-order valence-corrected chi connectivity index (χ1v) is 8.81. The highest BCUT2D eigenvalue weighted by Gasteiger charge is 2.45. The third kappa shape index (κ3) is 4.53. The molecule has 0 aliphatic carbocycles. The van der Waals surface area contributed by atoms with Gasteiger partial charge in [-0.2, -0.15) is 0 Å². The summed E-state index contributed by atoms with van der Waals surface area (Å²) in [6, 6.07) is 8.13. The zero-order chi connectivity index (χ0) is 19.6. The topological polar surface area (TPSA) is 42.4 Å². The molecule has 1 saturated heterocycles. The number of rotatable bonds is 4. The van der Waals surface area contributed by atoms with Crippen LogP contribution in [-0.2, 0) is 9.53 Å². The normalized spacial score (nSPS) is 19.0. The van der Waals surface area contributed by atoms with Crippen molar-refractivity contribution in [1.82, 2.24) is 4.98 Å². The molecule has 0 radical (unpaired) electrons. The minimum absolute atomic E-state index is 0.0669. The third-order valence-corrected chi connectivity index (χ3v) is 4.75. The molecule has 1 aromatic heterocycles. The molecule has 1 atom stereocenters. The molecule has 0 amide bonds. The van der Waals surface area contributed by atoms with E-state index in [9.17, 15) is 18.0 Å². The number of esters is 1. The van der Waals surface area contributed by atoms with Crippen LogP contribution in [-0.4, -0.2) is 36.6 Å². The Morgan fingerprint density at radius 3 is 2.78 bits per heavy atom. The van der Waals surface area contributed by atoms with E-state index in [1.807, 2.05) is 0 Å². The Morgan fingerprint density at radius 2 is 2.15 bits per heavy atom. The van der Waals surface area contributed by atoms with Gasteiger partial charge in [-0.05, 0) is 30.2 Å². The van der Waals surface area contributed by atoms with Gasteiger partial charge in [0.05, 0.1) is 19.1 Å². The predicted octanol–water partition coefficient (Wildman–Crippen LogP) is 4.57. The monoisotopic (exact) mass is 398 g/mol. The molecule has 2 heterocycles. The molecule has 144 valence electrons. The lowest BCUT2D eigenvalue weighted by Gasteiger charge is -2.38. The van der Waals surface area contributed by atoms with Crippen molar-refractivity contribution in [1.29, 1.82) is 0 Å². The fraction of sp³-hybridized carbons (Fsp3) is 0.368. The second kappa shape index (κ2) is 7.76. The summed E-state index contributed by atoms with van der Waals surface area (Å²) in [4.78, 5) is 16.1. The molecule has 4 nitrogen and oxygen atoms in total. The molecule has 1 aliphatic heterocycles. The van der Waals surface area contributed by atoms with Crippen molar-refractivity contribution >= 4 is 23.4 Å². The molecule has 1 aliphatic rings. The van der Waals surface area contributed by atoms with Gasteiger partial charge in [0.2, 0.25) is 0 Å². The number of aromatic nitrogens is 1. The molecule has 1 unspecified atom stereocenters. The highest BCUT2D eigenvalue weighted by Crippen LogP contribution is 2.36. The van der Waals surface area contributed by atoms with Crippen LogP contribution in [0, 0.1) is 11.7 Å². The number of hydrogen-bond donors (Lipinski definition) is 0. The molecule has 0 spiro atoms. The van der Waals surface area contributed by atoms with Crippen molar-refractivity contribution < 1.29 is 22.7 Å². The molecule has 3 rings (SSSR count). The van der Waals surface area contributed by atoms with E-state index in [4.69, 9.17) is 16.3 Å². The van der Waals surface area contributed by atoms with Crippen LogP contribution in [0.5, 0.6) is 0 Å². The van der Waals surface area contributed by atoms with Crippen LogP contribution >= 0.6 is 11.6 Å². The van der Waals surface area contributed by atoms with Crippen molar-refractivity contribution in [3.8, 4) is 11.1 Å². The van der Waals surface area contributed by atoms with E-state index in [0.29, 0.717) is 16.1 Å². The van der Waals surface area contributed by atoms with Gasteiger partial charge >= 0.3 is 5.97 Å². The maximum absolute atomic E-state index is 14.6. The number of carbonyl (C=O) groups is 1. The van der Waals surface area contributed by atoms with Gasteiger partial charge in [0, 0.05) is 30.3 Å². The average Bonchev–Trinajstić information content (AvgIpc) is 2.59. The second-order valence-corrected chi connectivity index (χ2v) is 6.95. The van der Waals surface area contributed by atoms with Gasteiger partial charge in [0.15, 0.2) is 11.6 Å². The van der Waals surface area contributed by atoms with Gasteiger partial charge in [-0.1, -0.05) is 23.7 Å². The zero-order valence-corrected chi connectivity index (χ0v) is 15.3. The number of alkyl halides is 2. The summed E-state index contributed by atoms with van der Waals surface area (Å²) in [5, 5.41) is 0.506. The number of halogens is 4. The maximum Gasteiger partial charge on any atom is 0.302 e. The number of anilines is 1. The Balaban J connectivity index is 1.76. The summed E-state index contributed by atoms with van der Waals surface area (Å²) in [5.74, 6) is -5.61. The quantitative estimate of drug-likeness (QED) is 0.708. The van der Waals surface area contributed by atoms with Crippen LogP contribution in [0.2, 0.25) is 5.02 Å². The Morgan fingerprint density at radius 1 is 1.37 bits per heavy atom. The first-order valence-electron chi connectivity index (χ1n) is 8.44. The molecule has 0 N–H and O–H groups in total. The van der Waals surface area contributed by atoms with Crippen molar-refractivity contribution in [2.24, 2.45) is 5.92 Å². The number of nitrogens with zero attached hydrogens (tertiary/aromatic N) is 2. The van der Waals surface area contributed by atoms with E-state index >= 15 is 0 Å². The first-order chi connectivity index (χ1) is 12.8. The van der Waals surface area contributed by atoms with Crippen LogP contribution in [0.4, 0.5) is 19.0 Å². The van der Waals surface area contributed by atoms with E-state index in [-0.39, 0.29) is 25.4 Å². The molecular formula is C19H18ClF3N2O2. The van der Waals surface area contributed by atoms with Crippen LogP contribution in [0.3, 0.4) is 0 Å². The highest BCUT2D eigenvalue weighted by atomic mass is 35.5. The number of pyridine rings is 1. The number of ether oxygens (including phenoxy) is 1. The summed E-state index contributed by atoms with van der Waals surface area (Å²) in [7, 11) is 0. The summed E-state index contributed by atoms with van der Waals surface area (Å²) < 4.78 is 48.0. The Hall–Kier alpha value is -2.28. The van der Waals surface area contributed by atoms with E-state index < -0.39 is 30.2 Å². The van der Waals surface area contributed by atoms with Crippen molar-refractivity contribution in [2.75, 3.05) is 24.6 Å². The highest BCUT2D eigenvalue weighted by molar-refractivity contribution is 6.30. The standard InChI is InChI=1S/C19H18ClF3N2O2/c1-12(26)27-10-15-5-6-25(11-19(15,22)23)18-17(21)8-14(9-24-18)13-3-2-4-16(20)7-13/h2-4,7-9,15H,5-6,10-11H2,1H3. The summed E-state index contributed by atoms with van der Waals surface area (Å²) >= 11 is 5.94. The van der Waals surface area contributed by atoms with Gasteiger partial charge in [0.25, 0.3) is 5.92 Å². The summed E-state index contributed by atoms with van der Waals surface area (Å²) in [6.45, 7) is 0.342. The van der Waals surface area contributed by atoms with Crippen molar-refractivity contribution in [2.45, 2.75) is 19.3 Å². The minimum atomic E-state index is -3.12. The van der Waals surface area contributed by atoms with E-state index in [2.05, 4.69) is 4.98 Å². The SMILES string of the molecule is CC(=O)OCC1CCN(c2ncc(-c3cccc(Cl)c3)cc2F)CC1(F)F. The Labute approximate surface area is 159 Å². The third-order valence-electron chi connectivity index (χ3n) is 4.51. The second-order valence-electron chi connectivity index (χ2n) is 6.51. The smallest absolute Gasteiger partial charge is 0.302 e. The fourth-order valence-corrected chi connectivity index (χ4v) is 3.27. The summed E-state index contributed by atoms with van der Waals surface area (Å²) in [5.41, 5.74) is 1.20. The lowest BCUT2D eigenvalue weighted by molar-refractivity contribution is -0.149. The van der Waals surface area contributed by atoms with Crippen LogP contribution in [0.1, 0.15) is 13.3 Å². The zero-order valence-electron chi connectivity index (χ0n) is 14.6. The summed E-state index contributed by atoms with van der Waals surface area (Å²) in [6.07, 6.45) is 1.50.